The van der Waals surface area contributed by atoms with Gasteiger partial charge in [0.05, 0.1) is 17.3 Å². The molecule has 1 saturated carbocycles. The van der Waals surface area contributed by atoms with E-state index in [1.807, 2.05) is 71.4 Å². The Hall–Kier alpha value is -2.81. The van der Waals surface area contributed by atoms with Crippen LogP contribution >= 0.6 is 0 Å². The molecule has 2 aromatic carbocycles. The highest BCUT2D eigenvalue weighted by Gasteiger charge is 2.26. The minimum Gasteiger partial charge on any atom is -0.335 e. The Morgan fingerprint density at radius 2 is 1.60 bits per heavy atom. The minimum atomic E-state index is 0.0804. The zero-order valence-corrected chi connectivity index (χ0v) is 17.9. The summed E-state index contributed by atoms with van der Waals surface area (Å²) in [5.41, 5.74) is 2.90. The molecule has 156 valence electrons. The largest absolute Gasteiger partial charge is 0.335 e. The molecule has 1 aromatic heterocycles. The average molecular weight is 401 g/mol. The lowest BCUT2D eigenvalue weighted by molar-refractivity contribution is 0.0714. The van der Waals surface area contributed by atoms with Crippen molar-refractivity contribution in [3.05, 3.63) is 90.3 Å². The smallest absolute Gasteiger partial charge is 0.256 e. The summed E-state index contributed by atoms with van der Waals surface area (Å²) >= 11 is 0. The first-order valence-electron chi connectivity index (χ1n) is 11.3. The van der Waals surface area contributed by atoms with Crippen molar-refractivity contribution in [3.8, 4) is 5.69 Å². The zero-order valence-electron chi connectivity index (χ0n) is 17.9. The molecule has 1 atom stereocenters. The number of amides is 1. The van der Waals surface area contributed by atoms with Gasteiger partial charge < -0.3 is 9.47 Å². The summed E-state index contributed by atoms with van der Waals surface area (Å²) in [5, 5.41) is 0. The monoisotopic (exact) mass is 400 g/mol. The standard InChI is InChI=1S/C27H32N2O/c1-28(27(30)24-16-8-9-17-26(24)29-20-10-11-21-29)25(23-14-6-3-7-15-23)19-18-22-12-4-2-5-13-22/h3,6-11,14-17,20-22,25H,2,4-5,12-13,18-19H2,1H3. The van der Waals surface area contributed by atoms with Crippen LogP contribution < -0.4 is 0 Å². The topological polar surface area (TPSA) is 25.2 Å². The molecule has 4 rings (SSSR count). The second-order valence-electron chi connectivity index (χ2n) is 8.53. The molecule has 3 nitrogen and oxygen atoms in total. The number of hydrogen-bond acceptors (Lipinski definition) is 1. The van der Waals surface area contributed by atoms with Crippen LogP contribution in [-0.4, -0.2) is 22.4 Å². The average Bonchev–Trinajstić information content (AvgIpc) is 3.35. The van der Waals surface area contributed by atoms with Gasteiger partial charge in [0.25, 0.3) is 5.91 Å². The van der Waals surface area contributed by atoms with Crippen LogP contribution in [0.4, 0.5) is 0 Å². The highest BCUT2D eigenvalue weighted by molar-refractivity contribution is 5.98. The molecule has 0 saturated heterocycles. The molecule has 0 N–H and O–H groups in total. The van der Waals surface area contributed by atoms with Gasteiger partial charge in [0.2, 0.25) is 0 Å². The summed E-state index contributed by atoms with van der Waals surface area (Å²) in [7, 11) is 1.97. The predicted molar refractivity (Wildman–Crippen MR) is 123 cm³/mol. The Morgan fingerprint density at radius 1 is 0.933 bits per heavy atom. The first-order valence-corrected chi connectivity index (χ1v) is 11.3. The van der Waals surface area contributed by atoms with Gasteiger partial charge in [-0.3, -0.25) is 4.79 Å². The number of hydrogen-bond donors (Lipinski definition) is 0. The highest BCUT2D eigenvalue weighted by atomic mass is 16.2. The van der Waals surface area contributed by atoms with E-state index in [1.54, 1.807) is 0 Å². The third kappa shape index (κ3) is 4.67. The van der Waals surface area contributed by atoms with Crippen LogP contribution in [0.25, 0.3) is 5.69 Å². The van der Waals surface area contributed by atoms with E-state index in [0.29, 0.717) is 0 Å². The summed E-state index contributed by atoms with van der Waals surface area (Å²) < 4.78 is 2.01. The Balaban J connectivity index is 1.58. The minimum absolute atomic E-state index is 0.0804. The van der Waals surface area contributed by atoms with Gasteiger partial charge in [-0.15, -0.1) is 0 Å². The summed E-state index contributed by atoms with van der Waals surface area (Å²) in [6.45, 7) is 0. The molecular formula is C27H32N2O. The molecule has 0 aliphatic heterocycles. The molecule has 3 heteroatoms. The van der Waals surface area contributed by atoms with Crippen LogP contribution in [0.1, 0.15) is 66.9 Å². The Labute approximate surface area is 180 Å². The van der Waals surface area contributed by atoms with E-state index in [0.717, 1.165) is 23.6 Å². The fourth-order valence-electron chi connectivity index (χ4n) is 4.83. The fourth-order valence-corrected chi connectivity index (χ4v) is 4.83. The lowest BCUT2D eigenvalue weighted by Gasteiger charge is -2.31. The van der Waals surface area contributed by atoms with Gasteiger partial charge in [-0.2, -0.15) is 0 Å². The molecule has 3 aromatic rings. The van der Waals surface area contributed by atoms with Gasteiger partial charge in [-0.1, -0.05) is 74.6 Å². The van der Waals surface area contributed by atoms with Crippen LogP contribution in [0.3, 0.4) is 0 Å². The zero-order chi connectivity index (χ0) is 20.8. The van der Waals surface area contributed by atoms with Crippen LogP contribution in [0.2, 0.25) is 0 Å². The van der Waals surface area contributed by atoms with Crippen molar-refractivity contribution in [2.45, 2.75) is 51.0 Å². The van der Waals surface area contributed by atoms with E-state index in [4.69, 9.17) is 0 Å². The van der Waals surface area contributed by atoms with Gasteiger partial charge in [0.15, 0.2) is 0 Å². The second-order valence-corrected chi connectivity index (χ2v) is 8.53. The van der Waals surface area contributed by atoms with Crippen LogP contribution in [0.5, 0.6) is 0 Å². The number of benzene rings is 2. The van der Waals surface area contributed by atoms with Crippen LogP contribution in [-0.2, 0) is 0 Å². The highest BCUT2D eigenvalue weighted by Crippen LogP contribution is 2.33. The van der Waals surface area contributed by atoms with E-state index in [9.17, 15) is 4.79 Å². The van der Waals surface area contributed by atoms with Crippen molar-refractivity contribution < 1.29 is 4.79 Å². The maximum atomic E-state index is 13.6. The van der Waals surface area contributed by atoms with Gasteiger partial charge in [0.1, 0.15) is 0 Å². The van der Waals surface area contributed by atoms with Crippen LogP contribution in [0, 0.1) is 5.92 Å². The van der Waals surface area contributed by atoms with Crippen molar-refractivity contribution in [3.63, 3.8) is 0 Å². The molecule has 1 aliphatic rings. The number of aromatic nitrogens is 1. The maximum absolute atomic E-state index is 13.6. The quantitative estimate of drug-likeness (QED) is 0.436. The molecule has 1 amide bonds. The van der Waals surface area contributed by atoms with Crippen molar-refractivity contribution in [1.82, 2.24) is 9.47 Å². The molecule has 0 bridgehead atoms. The molecule has 30 heavy (non-hydrogen) atoms. The number of nitrogens with zero attached hydrogens (tertiary/aromatic N) is 2. The Kier molecular flexibility index (Phi) is 6.68. The number of carbonyl (C=O) groups excluding carboxylic acids is 1. The maximum Gasteiger partial charge on any atom is 0.256 e. The Morgan fingerprint density at radius 3 is 2.33 bits per heavy atom. The molecule has 1 aliphatic carbocycles. The SMILES string of the molecule is CN(C(=O)c1ccccc1-n1cccc1)C(CCC1CCCCC1)c1ccccc1. The summed E-state index contributed by atoms with van der Waals surface area (Å²) in [6, 6.07) is 22.5. The lowest BCUT2D eigenvalue weighted by Crippen LogP contribution is -2.32. The molecule has 0 spiro atoms. The molecule has 1 fully saturated rings. The third-order valence-electron chi connectivity index (χ3n) is 6.56. The molecular weight excluding hydrogens is 368 g/mol. The first kappa shape index (κ1) is 20.5. The summed E-state index contributed by atoms with van der Waals surface area (Å²) in [6.07, 6.45) is 13.0. The third-order valence-corrected chi connectivity index (χ3v) is 6.56. The van der Waals surface area contributed by atoms with E-state index >= 15 is 0 Å². The molecule has 1 unspecified atom stereocenters. The number of para-hydroxylation sites is 1. The lowest BCUT2D eigenvalue weighted by atomic mass is 9.84. The van der Waals surface area contributed by atoms with E-state index in [1.165, 1.54) is 44.1 Å². The van der Waals surface area contributed by atoms with E-state index in [-0.39, 0.29) is 11.9 Å². The van der Waals surface area contributed by atoms with E-state index < -0.39 is 0 Å². The van der Waals surface area contributed by atoms with Crippen molar-refractivity contribution >= 4 is 5.91 Å². The van der Waals surface area contributed by atoms with Gasteiger partial charge >= 0.3 is 0 Å². The van der Waals surface area contributed by atoms with Gasteiger partial charge in [-0.25, -0.2) is 0 Å². The van der Waals surface area contributed by atoms with Gasteiger partial charge in [-0.05, 0) is 48.6 Å². The summed E-state index contributed by atoms with van der Waals surface area (Å²) in [4.78, 5) is 15.6. The molecule has 0 radical (unpaired) electrons. The van der Waals surface area contributed by atoms with Crippen molar-refractivity contribution in [2.24, 2.45) is 5.92 Å². The first-order chi connectivity index (χ1) is 14.7. The normalized spacial score (nSPS) is 15.6. The van der Waals surface area contributed by atoms with Gasteiger partial charge in [0, 0.05) is 19.4 Å². The Bertz CT molecular complexity index is 927. The van der Waals surface area contributed by atoms with Crippen LogP contribution in [0.15, 0.2) is 79.1 Å². The fraction of sp³-hybridized carbons (Fsp3) is 0.370. The number of rotatable bonds is 7. The molecule has 1 heterocycles. The van der Waals surface area contributed by atoms with E-state index in [2.05, 4.69) is 24.3 Å². The van der Waals surface area contributed by atoms with Crippen molar-refractivity contribution in [1.29, 1.82) is 0 Å². The van der Waals surface area contributed by atoms with Crippen molar-refractivity contribution in [2.75, 3.05) is 7.05 Å². The predicted octanol–water partition coefficient (Wildman–Crippen LogP) is 6.65. The second kappa shape index (κ2) is 9.80. The summed E-state index contributed by atoms with van der Waals surface area (Å²) in [5.74, 6) is 0.887. The number of carbonyl (C=O) groups is 1.